The van der Waals surface area contributed by atoms with E-state index in [-0.39, 0.29) is 5.41 Å². The van der Waals surface area contributed by atoms with Gasteiger partial charge in [-0.25, -0.2) is 4.79 Å². The van der Waals surface area contributed by atoms with E-state index >= 15 is 0 Å². The Hall–Kier alpha value is -1.75. The number of rotatable bonds is 1. The zero-order valence-electron chi connectivity index (χ0n) is 10.1. The lowest BCUT2D eigenvalue weighted by Crippen LogP contribution is -2.01. The highest BCUT2D eigenvalue weighted by Crippen LogP contribution is 2.13. The normalized spacial score (nSPS) is 10.5. The van der Waals surface area contributed by atoms with E-state index in [0.717, 1.165) is 11.1 Å². The van der Waals surface area contributed by atoms with Crippen LogP contribution in [0.25, 0.3) is 0 Å². The number of carboxylic acids is 1. The Balaban J connectivity index is 3.06. The van der Waals surface area contributed by atoms with Gasteiger partial charge < -0.3 is 5.11 Å². The molecule has 0 aromatic heterocycles. The molecule has 1 aromatic rings. The fraction of sp³-hybridized carbons (Fsp3) is 0.357. The number of carbonyl (C=O) groups is 1. The Bertz CT molecular complexity index is 468. The Morgan fingerprint density at radius 2 is 1.94 bits per heavy atom. The molecule has 0 aliphatic heterocycles. The summed E-state index contributed by atoms with van der Waals surface area (Å²) < 4.78 is 0. The first-order chi connectivity index (χ1) is 7.29. The van der Waals surface area contributed by atoms with E-state index in [1.807, 2.05) is 26.8 Å². The summed E-state index contributed by atoms with van der Waals surface area (Å²) in [5.41, 5.74) is 1.89. The molecule has 2 heteroatoms. The van der Waals surface area contributed by atoms with Gasteiger partial charge in [-0.15, -0.1) is 0 Å². The molecule has 84 valence electrons. The molecule has 0 aliphatic carbocycles. The quantitative estimate of drug-likeness (QED) is 0.732. The van der Waals surface area contributed by atoms with Gasteiger partial charge in [0.15, 0.2) is 0 Å². The minimum Gasteiger partial charge on any atom is -0.478 e. The topological polar surface area (TPSA) is 37.3 Å². The number of hydrogen-bond donors (Lipinski definition) is 1. The molecule has 1 rings (SSSR count). The second-order valence-corrected chi connectivity index (χ2v) is 4.83. The molecule has 0 aliphatic rings. The van der Waals surface area contributed by atoms with Crippen molar-refractivity contribution in [1.82, 2.24) is 0 Å². The molecule has 0 unspecified atom stereocenters. The zero-order valence-corrected chi connectivity index (χ0v) is 10.1. The molecule has 0 fully saturated rings. The van der Waals surface area contributed by atoms with Crippen LogP contribution < -0.4 is 0 Å². The summed E-state index contributed by atoms with van der Waals surface area (Å²) >= 11 is 0. The number of aromatic carboxylic acids is 1. The fourth-order valence-electron chi connectivity index (χ4n) is 1.24. The number of benzene rings is 1. The van der Waals surface area contributed by atoms with E-state index < -0.39 is 5.97 Å². The molecular weight excluding hydrogens is 200 g/mol. The van der Waals surface area contributed by atoms with Crippen molar-refractivity contribution in [3.63, 3.8) is 0 Å². The van der Waals surface area contributed by atoms with E-state index in [1.165, 1.54) is 0 Å². The van der Waals surface area contributed by atoms with Crippen molar-refractivity contribution >= 4 is 5.97 Å². The first kappa shape index (κ1) is 12.3. The van der Waals surface area contributed by atoms with Gasteiger partial charge in [-0.2, -0.15) is 0 Å². The van der Waals surface area contributed by atoms with Crippen molar-refractivity contribution < 1.29 is 9.90 Å². The molecule has 0 amide bonds. The SMILES string of the molecule is Cc1cc(C#CC(C)(C)C)ccc1C(=O)O. The largest absolute Gasteiger partial charge is 0.478 e. The minimum absolute atomic E-state index is 0.0423. The predicted molar refractivity (Wildman–Crippen MR) is 64.5 cm³/mol. The van der Waals surface area contributed by atoms with Gasteiger partial charge in [-0.1, -0.05) is 11.8 Å². The average Bonchev–Trinajstić information content (AvgIpc) is 2.13. The maximum absolute atomic E-state index is 10.8. The highest BCUT2D eigenvalue weighted by molar-refractivity contribution is 5.89. The van der Waals surface area contributed by atoms with E-state index in [1.54, 1.807) is 19.1 Å². The van der Waals surface area contributed by atoms with Crippen molar-refractivity contribution in [1.29, 1.82) is 0 Å². The van der Waals surface area contributed by atoms with Crippen LogP contribution in [0.5, 0.6) is 0 Å². The molecule has 0 saturated carbocycles. The average molecular weight is 216 g/mol. The van der Waals surface area contributed by atoms with Crippen LogP contribution in [0, 0.1) is 24.2 Å². The monoisotopic (exact) mass is 216 g/mol. The van der Waals surface area contributed by atoms with Crippen LogP contribution in [-0.4, -0.2) is 11.1 Å². The Kier molecular flexibility index (Phi) is 3.39. The zero-order chi connectivity index (χ0) is 12.3. The number of aryl methyl sites for hydroxylation is 1. The van der Waals surface area contributed by atoms with Crippen LogP contribution in [-0.2, 0) is 0 Å². The highest BCUT2D eigenvalue weighted by Gasteiger charge is 2.07. The van der Waals surface area contributed by atoms with E-state index in [9.17, 15) is 4.79 Å². The molecule has 0 heterocycles. The predicted octanol–water partition coefficient (Wildman–Crippen LogP) is 3.09. The van der Waals surface area contributed by atoms with Gasteiger partial charge in [0, 0.05) is 11.0 Å². The van der Waals surface area contributed by atoms with Crippen LogP contribution in [0.2, 0.25) is 0 Å². The van der Waals surface area contributed by atoms with Gasteiger partial charge >= 0.3 is 5.97 Å². The van der Waals surface area contributed by atoms with Crippen molar-refractivity contribution in [3.05, 3.63) is 34.9 Å². The van der Waals surface area contributed by atoms with Crippen LogP contribution in [0.15, 0.2) is 18.2 Å². The van der Waals surface area contributed by atoms with E-state index in [4.69, 9.17) is 5.11 Å². The fourth-order valence-corrected chi connectivity index (χ4v) is 1.24. The second kappa shape index (κ2) is 4.40. The maximum atomic E-state index is 10.8. The van der Waals surface area contributed by atoms with E-state index in [0.29, 0.717) is 5.56 Å². The van der Waals surface area contributed by atoms with Crippen molar-refractivity contribution in [2.45, 2.75) is 27.7 Å². The maximum Gasteiger partial charge on any atom is 0.335 e. The molecule has 2 nitrogen and oxygen atoms in total. The van der Waals surface area contributed by atoms with Gasteiger partial charge in [0.05, 0.1) is 5.56 Å². The molecule has 16 heavy (non-hydrogen) atoms. The molecule has 1 aromatic carbocycles. The lowest BCUT2D eigenvalue weighted by atomic mass is 9.97. The van der Waals surface area contributed by atoms with Crippen LogP contribution in [0.3, 0.4) is 0 Å². The molecule has 0 radical (unpaired) electrons. The number of carboxylic acid groups (broad SMARTS) is 1. The molecule has 0 atom stereocenters. The van der Waals surface area contributed by atoms with Gasteiger partial charge in [-0.05, 0) is 51.5 Å². The first-order valence-corrected chi connectivity index (χ1v) is 5.17. The summed E-state index contributed by atoms with van der Waals surface area (Å²) in [4.78, 5) is 10.8. The third-order valence-electron chi connectivity index (χ3n) is 2.04. The van der Waals surface area contributed by atoms with Crippen molar-refractivity contribution in [3.8, 4) is 11.8 Å². The van der Waals surface area contributed by atoms with Gasteiger partial charge in [0.1, 0.15) is 0 Å². The lowest BCUT2D eigenvalue weighted by molar-refractivity contribution is 0.0696. The first-order valence-electron chi connectivity index (χ1n) is 5.17. The van der Waals surface area contributed by atoms with Crippen LogP contribution >= 0.6 is 0 Å². The molecule has 0 bridgehead atoms. The molecule has 0 spiro atoms. The Morgan fingerprint density at radius 1 is 1.31 bits per heavy atom. The lowest BCUT2D eigenvalue weighted by Gasteiger charge is -2.07. The van der Waals surface area contributed by atoms with Crippen LogP contribution in [0.1, 0.15) is 42.3 Å². The summed E-state index contributed by atoms with van der Waals surface area (Å²) in [7, 11) is 0. The van der Waals surface area contributed by atoms with Gasteiger partial charge in [0.25, 0.3) is 0 Å². The smallest absolute Gasteiger partial charge is 0.335 e. The summed E-state index contributed by atoms with van der Waals surface area (Å²) in [6.07, 6.45) is 0. The van der Waals surface area contributed by atoms with Crippen molar-refractivity contribution in [2.24, 2.45) is 5.41 Å². The third-order valence-corrected chi connectivity index (χ3v) is 2.04. The Labute approximate surface area is 96.3 Å². The van der Waals surface area contributed by atoms with Gasteiger partial charge in [0.2, 0.25) is 0 Å². The summed E-state index contributed by atoms with van der Waals surface area (Å²) in [5.74, 6) is 5.27. The molecular formula is C14H16O2. The molecule has 0 saturated heterocycles. The standard InChI is InChI=1S/C14H16O2/c1-10-9-11(7-8-14(2,3)4)5-6-12(10)13(15)16/h5-6,9H,1-4H3,(H,15,16). The Morgan fingerprint density at radius 3 is 2.38 bits per heavy atom. The number of hydrogen-bond acceptors (Lipinski definition) is 1. The van der Waals surface area contributed by atoms with Crippen LogP contribution in [0.4, 0.5) is 0 Å². The van der Waals surface area contributed by atoms with E-state index in [2.05, 4.69) is 11.8 Å². The summed E-state index contributed by atoms with van der Waals surface area (Å²) in [6.45, 7) is 7.90. The van der Waals surface area contributed by atoms with Crippen molar-refractivity contribution in [2.75, 3.05) is 0 Å². The minimum atomic E-state index is -0.896. The summed E-state index contributed by atoms with van der Waals surface area (Å²) in [6, 6.07) is 5.15. The second-order valence-electron chi connectivity index (χ2n) is 4.83. The molecule has 1 N–H and O–H groups in total. The highest BCUT2D eigenvalue weighted by atomic mass is 16.4. The summed E-state index contributed by atoms with van der Waals surface area (Å²) in [5, 5.41) is 8.88. The van der Waals surface area contributed by atoms with Gasteiger partial charge in [-0.3, -0.25) is 0 Å². The third kappa shape index (κ3) is 3.43.